The number of nitrogens with zero attached hydrogens (tertiary/aromatic N) is 3. The molecule has 0 fully saturated rings. The fraction of sp³-hybridized carbons (Fsp3) is 0. The molecule has 4 heterocycles. The van der Waals surface area contributed by atoms with Crippen LogP contribution in [0, 0.1) is 0 Å². The van der Waals surface area contributed by atoms with Crippen molar-refractivity contribution in [1.82, 2.24) is 14.5 Å². The van der Waals surface area contributed by atoms with Crippen LogP contribution in [0.1, 0.15) is 0 Å². The summed E-state index contributed by atoms with van der Waals surface area (Å²) in [5.74, 6) is 0.696. The van der Waals surface area contributed by atoms with Gasteiger partial charge in [0, 0.05) is 54.0 Å². The summed E-state index contributed by atoms with van der Waals surface area (Å²) < 4.78 is 11.1. The third-order valence-electron chi connectivity index (χ3n) is 12.4. The minimum atomic E-state index is 0.696. The highest BCUT2D eigenvalue weighted by molar-refractivity contribution is 7.26. The second-order valence-electron chi connectivity index (χ2n) is 16.1. The van der Waals surface area contributed by atoms with E-state index < -0.39 is 0 Å². The lowest BCUT2D eigenvalue weighted by molar-refractivity contribution is 0.670. The maximum absolute atomic E-state index is 6.48. The second-order valence-corrected chi connectivity index (χ2v) is 17.2. The van der Waals surface area contributed by atoms with Gasteiger partial charge < -0.3 is 8.98 Å². The van der Waals surface area contributed by atoms with Crippen LogP contribution in [0.3, 0.4) is 0 Å². The van der Waals surface area contributed by atoms with Crippen molar-refractivity contribution in [3.8, 4) is 61.7 Å². The van der Waals surface area contributed by atoms with E-state index in [1.165, 1.54) is 37.6 Å². The number of furan rings is 1. The van der Waals surface area contributed by atoms with Gasteiger partial charge in [-0.05, 0) is 88.5 Å². The number of rotatable bonds is 6. The predicted molar refractivity (Wildman–Crippen MR) is 264 cm³/mol. The molecule has 0 aliphatic heterocycles. The summed E-state index contributed by atoms with van der Waals surface area (Å²) >= 11 is 1.75. The first-order valence-corrected chi connectivity index (χ1v) is 22.0. The highest BCUT2D eigenvalue weighted by Gasteiger charge is 2.20. The average Bonchev–Trinajstić information content (AvgIpc) is 4.03. The summed E-state index contributed by atoms with van der Waals surface area (Å²) in [7, 11) is 0. The van der Waals surface area contributed by atoms with Gasteiger partial charge in [0.1, 0.15) is 11.2 Å². The monoisotopic (exact) mass is 821 g/mol. The lowest BCUT2D eigenvalue weighted by atomic mass is 9.98. The van der Waals surface area contributed by atoms with E-state index in [0.29, 0.717) is 5.82 Å². The van der Waals surface area contributed by atoms with Crippen LogP contribution in [-0.4, -0.2) is 14.5 Å². The quantitative estimate of drug-likeness (QED) is 0.168. The summed E-state index contributed by atoms with van der Waals surface area (Å²) in [5.41, 5.74) is 15.9. The fourth-order valence-corrected chi connectivity index (χ4v) is 10.6. The lowest BCUT2D eigenvalue weighted by Crippen LogP contribution is -1.94. The molecule has 0 aliphatic rings. The minimum absolute atomic E-state index is 0.696. The largest absolute Gasteiger partial charge is 0.455 e. The number of thiophene rings is 1. The van der Waals surface area contributed by atoms with Crippen LogP contribution in [0.25, 0.3) is 126 Å². The molecule has 13 rings (SSSR count). The van der Waals surface area contributed by atoms with Crippen LogP contribution >= 0.6 is 11.3 Å². The third kappa shape index (κ3) is 5.82. The summed E-state index contributed by atoms with van der Waals surface area (Å²) in [6, 6.07) is 75.6. The van der Waals surface area contributed by atoms with Gasteiger partial charge in [-0.15, -0.1) is 11.3 Å². The van der Waals surface area contributed by atoms with E-state index in [2.05, 4.69) is 205 Å². The Kier molecular flexibility index (Phi) is 8.05. The molecule has 294 valence electrons. The van der Waals surface area contributed by atoms with Crippen molar-refractivity contribution >= 4 is 75.4 Å². The molecule has 63 heavy (non-hydrogen) atoms. The Morgan fingerprint density at radius 3 is 1.79 bits per heavy atom. The molecule has 5 heteroatoms. The van der Waals surface area contributed by atoms with Crippen LogP contribution in [-0.2, 0) is 0 Å². The van der Waals surface area contributed by atoms with Gasteiger partial charge >= 0.3 is 0 Å². The van der Waals surface area contributed by atoms with Crippen molar-refractivity contribution in [3.05, 3.63) is 212 Å². The average molecular weight is 822 g/mol. The zero-order valence-electron chi connectivity index (χ0n) is 33.9. The van der Waals surface area contributed by atoms with Crippen LogP contribution in [0.2, 0.25) is 0 Å². The summed E-state index contributed by atoms with van der Waals surface area (Å²) in [5, 5.41) is 5.79. The van der Waals surface area contributed by atoms with Crippen LogP contribution in [0.15, 0.2) is 217 Å². The van der Waals surface area contributed by atoms with Gasteiger partial charge in [-0.1, -0.05) is 152 Å². The van der Waals surface area contributed by atoms with E-state index in [-0.39, 0.29) is 0 Å². The molecule has 4 aromatic heterocycles. The highest BCUT2D eigenvalue weighted by Crippen LogP contribution is 2.43. The molecule has 4 nitrogen and oxygen atoms in total. The standard InChI is InChI=1S/C58H35N3OS/c1-3-14-36(15-4-1)38-28-30-50-48(34-38)49-35-39(29-31-51(49)61(50)43-20-5-2-6-21-43)37-16-11-19-42(32-37)58-59-54(57-55(60-58)47-23-8-10-27-53(47)63-57)41-18-12-17-40(33-41)44-24-13-25-46-45-22-7-9-26-52(45)62-56(44)46/h1-35H. The van der Waals surface area contributed by atoms with E-state index in [1.54, 1.807) is 11.3 Å². The molecule has 0 unspecified atom stereocenters. The zero-order chi connectivity index (χ0) is 41.4. The number of aromatic nitrogens is 3. The van der Waals surface area contributed by atoms with Crippen molar-refractivity contribution in [2.24, 2.45) is 0 Å². The third-order valence-corrected chi connectivity index (χ3v) is 13.6. The molecule has 0 amide bonds. The molecule has 13 aromatic rings. The van der Waals surface area contributed by atoms with E-state index >= 15 is 0 Å². The highest BCUT2D eigenvalue weighted by atomic mass is 32.1. The molecular formula is C58H35N3OS. The van der Waals surface area contributed by atoms with Crippen molar-refractivity contribution in [3.63, 3.8) is 0 Å². The van der Waals surface area contributed by atoms with Crippen molar-refractivity contribution in [2.75, 3.05) is 0 Å². The Bertz CT molecular complexity index is 3920. The number of hydrogen-bond acceptors (Lipinski definition) is 4. The molecule has 0 saturated heterocycles. The van der Waals surface area contributed by atoms with Gasteiger partial charge in [0.15, 0.2) is 5.82 Å². The van der Waals surface area contributed by atoms with Gasteiger partial charge in [-0.2, -0.15) is 0 Å². The van der Waals surface area contributed by atoms with E-state index in [0.717, 1.165) is 82.3 Å². The molecule has 0 radical (unpaired) electrons. The van der Waals surface area contributed by atoms with E-state index in [4.69, 9.17) is 14.4 Å². The molecular weight excluding hydrogens is 787 g/mol. The van der Waals surface area contributed by atoms with Crippen molar-refractivity contribution in [1.29, 1.82) is 0 Å². The number of para-hydroxylation sites is 3. The number of benzene rings is 9. The first-order chi connectivity index (χ1) is 31.2. The maximum atomic E-state index is 6.48. The lowest BCUT2D eigenvalue weighted by Gasteiger charge is -2.11. The Morgan fingerprint density at radius 2 is 0.984 bits per heavy atom. The first kappa shape index (κ1) is 35.6. The Labute approximate surface area is 366 Å². The summed E-state index contributed by atoms with van der Waals surface area (Å²) in [4.78, 5) is 10.8. The molecule has 0 spiro atoms. The Hall–Kier alpha value is -8.12. The van der Waals surface area contributed by atoms with Gasteiger partial charge in [0.25, 0.3) is 0 Å². The van der Waals surface area contributed by atoms with Crippen molar-refractivity contribution in [2.45, 2.75) is 0 Å². The Morgan fingerprint density at radius 1 is 0.397 bits per heavy atom. The topological polar surface area (TPSA) is 43.9 Å². The fourth-order valence-electron chi connectivity index (χ4n) is 9.43. The molecule has 9 aromatic carbocycles. The van der Waals surface area contributed by atoms with Gasteiger partial charge in [0.05, 0.1) is 26.9 Å². The molecule has 0 aliphatic carbocycles. The molecule has 0 saturated carbocycles. The predicted octanol–water partition coefficient (Wildman–Crippen LogP) is 16.2. The molecule has 0 bridgehead atoms. The van der Waals surface area contributed by atoms with Crippen LogP contribution in [0.5, 0.6) is 0 Å². The number of hydrogen-bond donors (Lipinski definition) is 0. The van der Waals surface area contributed by atoms with E-state index in [9.17, 15) is 0 Å². The Balaban J connectivity index is 0.963. The maximum Gasteiger partial charge on any atom is 0.160 e. The van der Waals surface area contributed by atoms with Crippen LogP contribution in [0.4, 0.5) is 0 Å². The normalized spacial score (nSPS) is 11.8. The zero-order valence-corrected chi connectivity index (χ0v) is 34.7. The van der Waals surface area contributed by atoms with Gasteiger partial charge in [-0.3, -0.25) is 0 Å². The molecule has 0 atom stereocenters. The SMILES string of the molecule is c1ccc(-c2ccc3c(c2)c2cc(-c4cccc(-c5nc(-c6cccc(-c7cccc8c7oc7ccccc78)c6)c6sc7ccccc7c6n5)c4)ccc2n3-c2ccccc2)cc1. The summed E-state index contributed by atoms with van der Waals surface area (Å²) in [6.07, 6.45) is 0. The van der Waals surface area contributed by atoms with Crippen LogP contribution < -0.4 is 0 Å². The van der Waals surface area contributed by atoms with Crippen molar-refractivity contribution < 1.29 is 4.42 Å². The number of fused-ring (bicyclic) bond motifs is 9. The second kappa shape index (κ2) is 14.2. The smallest absolute Gasteiger partial charge is 0.160 e. The molecule has 0 N–H and O–H groups in total. The summed E-state index contributed by atoms with van der Waals surface area (Å²) in [6.45, 7) is 0. The van der Waals surface area contributed by atoms with Gasteiger partial charge in [0.2, 0.25) is 0 Å². The van der Waals surface area contributed by atoms with Gasteiger partial charge in [-0.25, -0.2) is 9.97 Å². The minimum Gasteiger partial charge on any atom is -0.455 e. The van der Waals surface area contributed by atoms with E-state index in [1.807, 2.05) is 12.1 Å². The first-order valence-electron chi connectivity index (χ1n) is 21.2.